The molecule has 1 aromatic carbocycles. The molecule has 1 nitrogen and oxygen atoms in total. The van der Waals surface area contributed by atoms with Gasteiger partial charge in [-0.1, -0.05) is 31.2 Å². The Morgan fingerprint density at radius 2 is 2.07 bits per heavy atom. The second kappa shape index (κ2) is 6.91. The van der Waals surface area contributed by atoms with Crippen LogP contribution in [0.3, 0.4) is 0 Å². The van der Waals surface area contributed by atoms with Crippen LogP contribution in [0.2, 0.25) is 0 Å². The zero-order valence-electron chi connectivity index (χ0n) is 9.57. The molecular weight excluding hydrogens is 204 g/mol. The number of benzene rings is 1. The van der Waals surface area contributed by atoms with Crippen LogP contribution in [0.25, 0.3) is 0 Å². The van der Waals surface area contributed by atoms with Gasteiger partial charge in [-0.3, -0.25) is 0 Å². The molecule has 1 unspecified atom stereocenters. The van der Waals surface area contributed by atoms with Crippen LogP contribution < -0.4 is 0 Å². The Labute approximate surface area is 96.9 Å². The number of thioether (sulfide) groups is 1. The molecule has 0 radical (unpaired) electrons. The highest BCUT2D eigenvalue weighted by molar-refractivity contribution is 7.99. The van der Waals surface area contributed by atoms with Crippen LogP contribution in [0.15, 0.2) is 24.3 Å². The molecule has 0 bridgehead atoms. The Kier molecular flexibility index (Phi) is 5.81. The Bertz CT molecular complexity index is 286. The molecule has 1 atom stereocenters. The van der Waals surface area contributed by atoms with Gasteiger partial charge in [-0.15, -0.1) is 0 Å². The van der Waals surface area contributed by atoms with E-state index in [0.717, 1.165) is 17.9 Å². The molecule has 2 heteroatoms. The van der Waals surface area contributed by atoms with Gasteiger partial charge in [0, 0.05) is 5.75 Å². The minimum Gasteiger partial charge on any atom is -0.392 e. The molecular formula is C13H20OS. The van der Waals surface area contributed by atoms with E-state index in [0.29, 0.717) is 0 Å². The predicted octanol–water partition coefficient (Wildman–Crippen LogP) is 3.04. The van der Waals surface area contributed by atoms with Gasteiger partial charge in [-0.25, -0.2) is 0 Å². The van der Waals surface area contributed by atoms with Crippen LogP contribution >= 0.6 is 11.8 Å². The summed E-state index contributed by atoms with van der Waals surface area (Å²) in [5.41, 5.74) is 2.54. The van der Waals surface area contributed by atoms with Gasteiger partial charge in [0.2, 0.25) is 0 Å². The maximum atomic E-state index is 9.83. The van der Waals surface area contributed by atoms with Gasteiger partial charge >= 0.3 is 0 Å². The molecule has 1 aromatic rings. The van der Waals surface area contributed by atoms with E-state index in [1.54, 1.807) is 0 Å². The van der Waals surface area contributed by atoms with Gasteiger partial charge in [0.25, 0.3) is 0 Å². The molecule has 0 amide bonds. The molecule has 1 rings (SSSR count). The first-order valence-corrected chi connectivity index (χ1v) is 6.69. The van der Waals surface area contributed by atoms with Gasteiger partial charge in [-0.05, 0) is 36.6 Å². The first kappa shape index (κ1) is 12.6. The van der Waals surface area contributed by atoms with Crippen molar-refractivity contribution in [3.05, 3.63) is 35.4 Å². The lowest BCUT2D eigenvalue weighted by Gasteiger charge is -2.11. The predicted molar refractivity (Wildman–Crippen MR) is 68.5 cm³/mol. The Balaban J connectivity index is 2.37. The third-order valence-corrected chi connectivity index (χ3v) is 3.69. The zero-order valence-corrected chi connectivity index (χ0v) is 10.4. The highest BCUT2D eigenvalue weighted by Crippen LogP contribution is 2.13. The Morgan fingerprint density at radius 3 is 2.73 bits per heavy atom. The summed E-state index contributed by atoms with van der Waals surface area (Å²) in [4.78, 5) is 0. The summed E-state index contributed by atoms with van der Waals surface area (Å²) in [5.74, 6) is 1.99. The lowest BCUT2D eigenvalue weighted by atomic mass is 10.0. The average Bonchev–Trinajstić information content (AvgIpc) is 2.22. The summed E-state index contributed by atoms with van der Waals surface area (Å²) in [5, 5.41) is 9.83. The molecule has 0 saturated carbocycles. The molecule has 0 aromatic heterocycles. The first-order valence-electron chi connectivity index (χ1n) is 5.54. The monoisotopic (exact) mass is 224 g/mol. The third-order valence-electron chi connectivity index (χ3n) is 2.38. The molecule has 0 saturated heterocycles. The van der Waals surface area contributed by atoms with Crippen LogP contribution in [0.5, 0.6) is 0 Å². The first-order chi connectivity index (χ1) is 7.24. The summed E-state index contributed by atoms with van der Waals surface area (Å²) in [7, 11) is 0. The molecule has 0 aliphatic rings. The van der Waals surface area contributed by atoms with E-state index in [1.807, 2.05) is 23.9 Å². The van der Waals surface area contributed by atoms with Crippen molar-refractivity contribution in [3.63, 3.8) is 0 Å². The second-order valence-corrected chi connectivity index (χ2v) is 5.01. The van der Waals surface area contributed by atoms with Crippen molar-refractivity contribution in [2.45, 2.75) is 32.8 Å². The number of hydrogen-bond acceptors (Lipinski definition) is 2. The maximum Gasteiger partial charge on any atom is 0.0670 e. The number of aryl methyl sites for hydroxylation is 1. The minimum absolute atomic E-state index is 0.206. The lowest BCUT2D eigenvalue weighted by molar-refractivity contribution is 0.200. The summed E-state index contributed by atoms with van der Waals surface area (Å²) in [6, 6.07) is 8.27. The Hall–Kier alpha value is -0.470. The van der Waals surface area contributed by atoms with Crippen molar-refractivity contribution < 1.29 is 5.11 Å². The largest absolute Gasteiger partial charge is 0.392 e. The normalized spacial score (nSPS) is 12.7. The zero-order chi connectivity index (χ0) is 11.1. The van der Waals surface area contributed by atoms with Gasteiger partial charge in [0.1, 0.15) is 0 Å². The van der Waals surface area contributed by atoms with E-state index in [4.69, 9.17) is 0 Å². The average molecular weight is 224 g/mol. The van der Waals surface area contributed by atoms with Gasteiger partial charge in [0.05, 0.1) is 6.10 Å². The third kappa shape index (κ3) is 4.72. The van der Waals surface area contributed by atoms with E-state index in [2.05, 4.69) is 26.0 Å². The molecule has 0 aliphatic heterocycles. The fraction of sp³-hybridized carbons (Fsp3) is 0.538. The second-order valence-electron chi connectivity index (χ2n) is 3.86. The number of hydrogen-bond donors (Lipinski definition) is 1. The highest BCUT2D eigenvalue weighted by Gasteiger charge is 2.06. The van der Waals surface area contributed by atoms with Crippen LogP contribution in [-0.4, -0.2) is 22.7 Å². The molecule has 0 fully saturated rings. The number of aliphatic hydroxyl groups is 1. The fourth-order valence-electron chi connectivity index (χ4n) is 1.52. The molecule has 1 N–H and O–H groups in total. The smallest absolute Gasteiger partial charge is 0.0670 e. The fourth-order valence-corrected chi connectivity index (χ4v) is 2.36. The van der Waals surface area contributed by atoms with Gasteiger partial charge < -0.3 is 5.11 Å². The van der Waals surface area contributed by atoms with Crippen molar-refractivity contribution in [1.29, 1.82) is 0 Å². The van der Waals surface area contributed by atoms with Crippen LogP contribution in [-0.2, 0) is 6.42 Å². The van der Waals surface area contributed by atoms with Crippen molar-refractivity contribution >= 4 is 11.8 Å². The summed E-state index contributed by atoms with van der Waals surface area (Å²) in [6.45, 7) is 4.27. The van der Waals surface area contributed by atoms with Crippen LogP contribution in [0, 0.1) is 6.92 Å². The van der Waals surface area contributed by atoms with Gasteiger partial charge in [-0.2, -0.15) is 11.8 Å². The topological polar surface area (TPSA) is 20.2 Å². The Morgan fingerprint density at radius 1 is 1.33 bits per heavy atom. The summed E-state index contributed by atoms with van der Waals surface area (Å²) >= 11 is 1.84. The van der Waals surface area contributed by atoms with Crippen molar-refractivity contribution in [3.8, 4) is 0 Å². The van der Waals surface area contributed by atoms with E-state index in [1.165, 1.54) is 17.5 Å². The van der Waals surface area contributed by atoms with Crippen molar-refractivity contribution in [2.24, 2.45) is 0 Å². The van der Waals surface area contributed by atoms with Crippen LogP contribution in [0.1, 0.15) is 24.5 Å². The summed E-state index contributed by atoms with van der Waals surface area (Å²) < 4.78 is 0. The molecule has 84 valence electrons. The van der Waals surface area contributed by atoms with Gasteiger partial charge in [0.15, 0.2) is 0 Å². The number of rotatable bonds is 6. The van der Waals surface area contributed by atoms with E-state index >= 15 is 0 Å². The van der Waals surface area contributed by atoms with Crippen molar-refractivity contribution in [2.75, 3.05) is 11.5 Å². The van der Waals surface area contributed by atoms with Crippen LogP contribution in [0.4, 0.5) is 0 Å². The minimum atomic E-state index is -0.206. The van der Waals surface area contributed by atoms with E-state index in [-0.39, 0.29) is 6.10 Å². The molecule has 0 aliphatic carbocycles. The SMILES string of the molecule is CCCSCC(O)Cc1ccccc1C. The molecule has 0 heterocycles. The highest BCUT2D eigenvalue weighted by atomic mass is 32.2. The number of aliphatic hydroxyl groups excluding tert-OH is 1. The van der Waals surface area contributed by atoms with Crippen molar-refractivity contribution in [1.82, 2.24) is 0 Å². The standard InChI is InChI=1S/C13H20OS/c1-3-8-15-10-13(14)9-12-7-5-4-6-11(12)2/h4-7,13-14H,3,8-10H2,1-2H3. The molecule has 0 spiro atoms. The quantitative estimate of drug-likeness (QED) is 0.749. The maximum absolute atomic E-state index is 9.83. The lowest BCUT2D eigenvalue weighted by Crippen LogP contribution is -2.14. The summed E-state index contributed by atoms with van der Waals surface area (Å²) in [6.07, 6.45) is 1.76. The molecule has 15 heavy (non-hydrogen) atoms. The van der Waals surface area contributed by atoms with E-state index in [9.17, 15) is 5.11 Å². The van der Waals surface area contributed by atoms with E-state index < -0.39 is 0 Å².